The maximum Gasteiger partial charge on any atom is 0.330 e. The summed E-state index contributed by atoms with van der Waals surface area (Å²) in [6.45, 7) is 14.6. The predicted molar refractivity (Wildman–Crippen MR) is 263 cm³/mol. The number of hydrogen-bond acceptors (Lipinski definition) is 16. The first-order valence-electron chi connectivity index (χ1n) is 22.6. The summed E-state index contributed by atoms with van der Waals surface area (Å²) in [5, 5.41) is 40.5. The van der Waals surface area contributed by atoms with Crippen LogP contribution in [0.3, 0.4) is 0 Å². The van der Waals surface area contributed by atoms with Crippen LogP contribution in [0.1, 0.15) is 89.6 Å². The highest BCUT2D eigenvalue weighted by Crippen LogP contribution is 2.50. The van der Waals surface area contributed by atoms with E-state index in [9.17, 15) is 24.5 Å². The second-order valence-corrected chi connectivity index (χ2v) is 18.2. The number of benzene rings is 3. The molecule has 4 unspecified atom stereocenters. The molecule has 1 aromatic heterocycles. The van der Waals surface area contributed by atoms with E-state index in [2.05, 4.69) is 81.0 Å². The Morgan fingerprint density at radius 1 is 1.04 bits per heavy atom. The topological polar surface area (TPSA) is 244 Å². The molecule has 1 aliphatic heterocycles. The Morgan fingerprint density at radius 3 is 2.42 bits per heavy atom. The van der Waals surface area contributed by atoms with Crippen LogP contribution in [0, 0.1) is 47.1 Å². The number of aromatic nitrogens is 2. The van der Waals surface area contributed by atoms with E-state index >= 15 is 0 Å². The van der Waals surface area contributed by atoms with E-state index in [1.807, 2.05) is 50.1 Å². The average Bonchev–Trinajstić information content (AvgIpc) is 3.72. The summed E-state index contributed by atoms with van der Waals surface area (Å²) < 4.78 is 27.9. The summed E-state index contributed by atoms with van der Waals surface area (Å²) in [6.07, 6.45) is 1.84. The van der Waals surface area contributed by atoms with Gasteiger partial charge in [-0.1, -0.05) is 24.8 Å². The molecule has 69 heavy (non-hydrogen) atoms. The molecule has 366 valence electrons. The predicted octanol–water partition coefficient (Wildman–Crippen LogP) is 9.64. The molecule has 1 amide bonds. The molecule has 3 aromatic carbocycles. The van der Waals surface area contributed by atoms with Crippen LogP contribution in [-0.2, 0) is 18.6 Å². The van der Waals surface area contributed by atoms with Crippen LogP contribution in [0.15, 0.2) is 90.8 Å². The lowest BCUT2D eigenvalue weighted by Gasteiger charge is -2.37. The van der Waals surface area contributed by atoms with Crippen LogP contribution in [0.25, 0.3) is 0 Å². The van der Waals surface area contributed by atoms with Gasteiger partial charge < -0.3 is 28.7 Å². The van der Waals surface area contributed by atoms with E-state index in [4.69, 9.17) is 23.8 Å². The molecular formula is C48H60N11O9P. The molecule has 2 N–H and O–H groups in total. The van der Waals surface area contributed by atoms with Crippen LogP contribution in [-0.4, -0.2) is 83.2 Å². The molecule has 1 fully saturated rings. The second kappa shape index (κ2) is 25.6. The number of rotatable bonds is 22. The van der Waals surface area contributed by atoms with Crippen LogP contribution in [0.5, 0.6) is 5.75 Å². The van der Waals surface area contributed by atoms with Gasteiger partial charge in [-0.05, 0) is 102 Å². The zero-order chi connectivity index (χ0) is 50.2. The lowest BCUT2D eigenvalue weighted by Crippen LogP contribution is -2.35. The zero-order valence-electron chi connectivity index (χ0n) is 40.5. The molecule has 1 saturated heterocycles. The van der Waals surface area contributed by atoms with Crippen molar-refractivity contribution in [1.29, 1.82) is 5.26 Å². The Hall–Kier alpha value is -6.67. The number of carbonyl (C=O) groups is 1. The van der Waals surface area contributed by atoms with Crippen molar-refractivity contribution in [1.82, 2.24) is 19.5 Å². The van der Waals surface area contributed by atoms with Gasteiger partial charge in [0.1, 0.15) is 23.2 Å². The minimum Gasteiger partial charge on any atom is -0.494 e. The molecule has 0 saturated carbocycles. The van der Waals surface area contributed by atoms with Gasteiger partial charge in [0, 0.05) is 62.5 Å². The minimum absolute atomic E-state index is 0.00390. The zero-order valence-corrected chi connectivity index (χ0v) is 41.4. The van der Waals surface area contributed by atoms with Gasteiger partial charge in [-0.25, -0.2) is 9.46 Å². The third-order valence-corrected chi connectivity index (χ3v) is 13.1. The lowest BCUT2D eigenvalue weighted by atomic mass is 10.1. The fourth-order valence-electron chi connectivity index (χ4n) is 7.39. The summed E-state index contributed by atoms with van der Waals surface area (Å²) in [4.78, 5) is 53.8. The van der Waals surface area contributed by atoms with Gasteiger partial charge in [0.2, 0.25) is 5.91 Å². The van der Waals surface area contributed by atoms with Gasteiger partial charge >= 0.3 is 5.69 Å². The van der Waals surface area contributed by atoms with Crippen molar-refractivity contribution in [3.05, 3.63) is 108 Å². The summed E-state index contributed by atoms with van der Waals surface area (Å²) in [5.74, 6) is 5.79. The number of anilines is 1. The van der Waals surface area contributed by atoms with E-state index < -0.39 is 37.0 Å². The summed E-state index contributed by atoms with van der Waals surface area (Å²) in [7, 11) is 1.88. The van der Waals surface area contributed by atoms with Crippen molar-refractivity contribution < 1.29 is 28.2 Å². The van der Waals surface area contributed by atoms with Crippen LogP contribution in [0.4, 0.5) is 34.1 Å². The highest BCUT2D eigenvalue weighted by molar-refractivity contribution is 7.44. The summed E-state index contributed by atoms with van der Waals surface area (Å²) in [6, 6.07) is 17.9. The number of nitro groups is 1. The number of H-pyrrole nitrogens is 1. The third-order valence-electron chi connectivity index (χ3n) is 10.9. The smallest absolute Gasteiger partial charge is 0.330 e. The molecule has 0 aliphatic carbocycles. The fraction of sp³-hybridized carbons (Fsp3) is 0.458. The van der Waals surface area contributed by atoms with Gasteiger partial charge in [-0.2, -0.15) is 10.4 Å². The molecule has 21 heteroatoms. The molecule has 20 nitrogen and oxygen atoms in total. The van der Waals surface area contributed by atoms with E-state index in [0.717, 1.165) is 11.3 Å². The first-order chi connectivity index (χ1) is 33.0. The number of methoxy groups -OCH3 is 1. The van der Waals surface area contributed by atoms with Gasteiger partial charge in [0.15, 0.2) is 5.69 Å². The van der Waals surface area contributed by atoms with Crippen molar-refractivity contribution in [3.63, 3.8) is 0 Å². The molecule has 2 heterocycles. The summed E-state index contributed by atoms with van der Waals surface area (Å²) in [5.41, 5.74) is 2.66. The Balaban J connectivity index is 1.11. The van der Waals surface area contributed by atoms with E-state index in [1.54, 1.807) is 31.2 Å². The molecule has 0 radical (unpaired) electrons. The molecule has 0 bridgehead atoms. The maximum atomic E-state index is 13.0. The number of aryl methyl sites for hydroxylation is 2. The highest BCUT2D eigenvalue weighted by Gasteiger charge is 2.40. The lowest BCUT2D eigenvalue weighted by molar-refractivity contribution is -0.384. The fourth-order valence-corrected chi connectivity index (χ4v) is 9.15. The van der Waals surface area contributed by atoms with E-state index in [1.165, 1.54) is 23.9 Å². The Kier molecular flexibility index (Phi) is 19.8. The monoisotopic (exact) mass is 965 g/mol. The van der Waals surface area contributed by atoms with Crippen LogP contribution >= 0.6 is 8.53 Å². The van der Waals surface area contributed by atoms with Gasteiger partial charge in [-0.3, -0.25) is 29.3 Å². The number of azo groups is 2. The quantitative estimate of drug-likeness (QED) is 0.0187. The molecule has 1 aliphatic rings. The number of nitrogens with zero attached hydrogens (tertiary/aromatic N) is 9. The van der Waals surface area contributed by atoms with E-state index in [-0.39, 0.29) is 67.0 Å². The number of ether oxygens (including phenoxy) is 2. The third kappa shape index (κ3) is 14.9. The minimum atomic E-state index is -1.54. The van der Waals surface area contributed by atoms with Crippen molar-refractivity contribution in [2.75, 3.05) is 38.8 Å². The van der Waals surface area contributed by atoms with E-state index in [0.29, 0.717) is 54.2 Å². The van der Waals surface area contributed by atoms with Gasteiger partial charge in [0.25, 0.3) is 19.8 Å². The average molecular weight is 966 g/mol. The van der Waals surface area contributed by atoms with Crippen molar-refractivity contribution in [3.8, 4) is 23.7 Å². The Morgan fingerprint density at radius 2 is 1.75 bits per heavy atom. The SMILES string of the molecule is CCC1OC(n2cc(C#CCNC(=O)CCCN(C)c3ccc(N=Nc4cc(C)c(N=Nc5ccc(C)cc5[N+](=O)[O-])cc4OC)cc3)c(=O)[nH]c2=O)CC1OP(OCCC#N)N(C(C)C)C(C)C. The number of hydrogen-bond donors (Lipinski definition) is 2. The van der Waals surface area contributed by atoms with Crippen LogP contribution < -0.4 is 26.2 Å². The highest BCUT2D eigenvalue weighted by atomic mass is 31.2. The van der Waals surface area contributed by atoms with Crippen molar-refractivity contribution in [2.24, 2.45) is 20.5 Å². The normalized spacial score (nSPS) is 16.2. The largest absolute Gasteiger partial charge is 0.494 e. The van der Waals surface area contributed by atoms with Crippen LogP contribution in [0.2, 0.25) is 0 Å². The molecule has 4 aromatic rings. The number of nitro benzene ring substituents is 1. The molecule has 4 atom stereocenters. The van der Waals surface area contributed by atoms with Gasteiger partial charge in [-0.15, -0.1) is 15.3 Å². The molecular weight excluding hydrogens is 906 g/mol. The first-order valence-corrected chi connectivity index (χ1v) is 23.8. The van der Waals surface area contributed by atoms with Gasteiger partial charge in [0.05, 0.1) is 61.3 Å². The number of aromatic amines is 1. The Labute approximate surface area is 402 Å². The number of carbonyl (C=O) groups excluding carboxylic acids is 1. The Bertz CT molecular complexity index is 2700. The number of nitrogens with one attached hydrogen (secondary N) is 2. The van der Waals surface area contributed by atoms with Crippen molar-refractivity contribution in [2.45, 2.75) is 111 Å². The molecule has 5 rings (SSSR count). The number of nitriles is 1. The standard InChI is InChI=1S/C48H60N11O9P/c1-10-42-44(68-69(66-25-13-22-49)58(31(2)3)32(4)5)29-46(67-42)57-30-35(47(61)51-48(57)62)14-11-23-50-45(60)15-12-24-56(8)37-19-17-36(18-20-37)52-55-40-27-34(7)39(28-43(40)65-9)54-53-38-21-16-33(6)26-41(38)59(63)64/h16-21,26-28,30-32,42,44,46H,10,12-13,15,23-25,29H2,1-9H3,(H,50,60)(H,51,61,62). The first kappa shape index (κ1) is 53.3. The summed E-state index contributed by atoms with van der Waals surface area (Å²) >= 11 is 0. The number of amides is 1. The maximum absolute atomic E-state index is 13.0. The second-order valence-electron chi connectivity index (χ2n) is 16.8. The van der Waals surface area contributed by atoms with Crippen molar-refractivity contribution >= 4 is 48.6 Å². The molecule has 0 spiro atoms.